The highest BCUT2D eigenvalue weighted by atomic mass is 127. The van der Waals surface area contributed by atoms with Crippen molar-refractivity contribution < 1.29 is 110 Å². The number of hydrogen-bond donors (Lipinski definition) is 7. The normalized spacial score (nSPS) is 31.2. The van der Waals surface area contributed by atoms with Crippen molar-refractivity contribution in [3.63, 3.8) is 0 Å². The number of esters is 3. The van der Waals surface area contributed by atoms with Crippen LogP contribution in [-0.2, 0) is 76.3 Å². The Morgan fingerprint density at radius 1 is 0.511 bits per heavy atom. The molecule has 31 nitrogen and oxygen atoms in total. The number of carboxylic acid groups (broad SMARTS) is 2. The van der Waals surface area contributed by atoms with Gasteiger partial charge in [-0.05, 0) is 283 Å². The largest absolute Gasteiger partial charge is 0.481 e. The summed E-state index contributed by atoms with van der Waals surface area (Å²) in [6.45, 7) is 37.1. The van der Waals surface area contributed by atoms with Crippen LogP contribution in [0.3, 0.4) is 0 Å². The molecule has 8 amide bonds. The summed E-state index contributed by atoms with van der Waals surface area (Å²) in [6, 6.07) is 0.0402. The molecule has 7 fully saturated rings. The summed E-state index contributed by atoms with van der Waals surface area (Å²) in [4.78, 5) is 161. The van der Waals surface area contributed by atoms with E-state index in [2.05, 4.69) is 89.4 Å². The van der Waals surface area contributed by atoms with Crippen LogP contribution in [0.2, 0.25) is 5.28 Å². The van der Waals surface area contributed by atoms with Gasteiger partial charge in [0.15, 0.2) is 11.6 Å². The second kappa shape index (κ2) is 48.8. The Morgan fingerprint density at radius 2 is 0.985 bits per heavy atom. The Hall–Kier alpha value is -8.03. The Morgan fingerprint density at radius 3 is 1.44 bits per heavy atom. The highest BCUT2D eigenvalue weighted by molar-refractivity contribution is 14.1. The predicted octanol–water partition coefficient (Wildman–Crippen LogP) is 19.4. The lowest BCUT2D eigenvalue weighted by Crippen LogP contribution is -2.46. The summed E-state index contributed by atoms with van der Waals surface area (Å²) in [6.07, 6.45) is 41.2. The quantitative estimate of drug-likeness (QED) is 0.0286. The number of ether oxygens (including phenoxy) is 7. The van der Waals surface area contributed by atoms with Gasteiger partial charge in [0.2, 0.25) is 28.9 Å². The number of hydrogen-bond acceptors (Lipinski definition) is 23. The number of nitrogens with two attached hydrogens (primary N) is 1. The van der Waals surface area contributed by atoms with Gasteiger partial charge >= 0.3 is 54.2 Å². The van der Waals surface area contributed by atoms with Crippen molar-refractivity contribution in [3.8, 4) is 0 Å². The van der Waals surface area contributed by atoms with Crippen LogP contribution in [0.15, 0.2) is 67.0 Å². The summed E-state index contributed by atoms with van der Waals surface area (Å²) in [5.74, 6) is -2.67. The fraction of sp³-hybridized carbons (Fsp3) is 0.724. The van der Waals surface area contributed by atoms with Crippen LogP contribution >= 0.6 is 56.8 Å². The minimum Gasteiger partial charge on any atom is -0.481 e. The second-order valence-electron chi connectivity index (χ2n) is 43.1. The Balaban J connectivity index is 0.000000268. The molecule has 17 atom stereocenters. The minimum absolute atomic E-state index is 0.00620. The summed E-state index contributed by atoms with van der Waals surface area (Å²) in [5.41, 5.74) is -0.150. The topological polar surface area (TPSA) is 433 Å². The van der Waals surface area contributed by atoms with Gasteiger partial charge in [0.25, 0.3) is 0 Å². The average molecular weight is 2120 g/mol. The number of amides is 8. The first-order valence-electron chi connectivity index (χ1n) is 46.3. The Labute approximate surface area is 818 Å². The molecule has 16 unspecified atom stereocenters. The van der Waals surface area contributed by atoms with Crippen molar-refractivity contribution in [2.45, 2.75) is 378 Å². The predicted molar refractivity (Wildman–Crippen MR) is 521 cm³/mol. The van der Waals surface area contributed by atoms with E-state index in [-0.39, 0.29) is 105 Å². The number of alkyl halides is 2. The van der Waals surface area contributed by atoms with Gasteiger partial charge in [0.1, 0.15) is 22.4 Å². The average Bonchev–Trinajstić information content (AvgIpc) is 1.60. The van der Waals surface area contributed by atoms with Gasteiger partial charge in [-0.3, -0.25) is 43.2 Å². The maximum Gasteiger partial charge on any atom is 0.417 e. The number of fused-ring (bicyclic) bond motifs is 6. The van der Waals surface area contributed by atoms with E-state index in [0.29, 0.717) is 58.8 Å². The summed E-state index contributed by atoms with van der Waals surface area (Å²) in [7, 11) is 4.16. The molecule has 748 valence electrons. The van der Waals surface area contributed by atoms with Crippen molar-refractivity contribution in [1.29, 1.82) is 0 Å². The molecule has 0 spiro atoms. The van der Waals surface area contributed by atoms with Crippen LogP contribution < -0.4 is 27.0 Å². The van der Waals surface area contributed by atoms with Gasteiger partial charge in [-0.2, -0.15) is 4.98 Å². The fourth-order valence-corrected chi connectivity index (χ4v) is 19.7. The van der Waals surface area contributed by atoms with E-state index in [1.807, 2.05) is 159 Å². The number of methoxy groups -OCH3 is 3. The number of primary amides is 1. The fourth-order valence-electron chi connectivity index (χ4n) is 17.9. The number of rotatable bonds is 10. The SMILES string of the molecule is CC(C)(C)OC(=O)N1C(=O)C2(C)CC=CC1C2.CC(C)(C)OC(=O)N1C(=O)C2(C)CCC(I)C1C2.CC1(C(=O)O)CC=CCC1.CC1(C(N)=O)CC=CCC1.CC12CCC(I)C(C1)NC2=O.COC(=O)C1(C)CC=CC(NC(=O)OC(C)(C)C)C1.COC(=O)C1(C)CCCC(NC(=O)OC(C)(C)C)C1.COC(=O)[C@]1(C)CCCC(Nc2nc(Cl)ncc2F)C1.O=C(O)C1CC=CCC1. The molecule has 0 radical (unpaired) electrons. The van der Waals surface area contributed by atoms with Gasteiger partial charge in [-0.15, -0.1) is 0 Å². The molecule has 8 N–H and O–H groups in total. The van der Waals surface area contributed by atoms with Crippen molar-refractivity contribution in [1.82, 2.24) is 35.7 Å². The summed E-state index contributed by atoms with van der Waals surface area (Å²) in [5, 5.41) is 28.9. The van der Waals surface area contributed by atoms with Crippen LogP contribution in [0.5, 0.6) is 0 Å². The van der Waals surface area contributed by atoms with E-state index in [9.17, 15) is 66.7 Å². The Kier molecular flexibility index (Phi) is 42.4. The molecule has 133 heavy (non-hydrogen) atoms. The first-order valence-corrected chi connectivity index (χ1v) is 49.2. The molecule has 4 saturated carbocycles. The Bertz CT molecular complexity index is 4370. The third-order valence-electron chi connectivity index (χ3n) is 25.9. The van der Waals surface area contributed by atoms with Gasteiger partial charge < -0.3 is 70.4 Å². The van der Waals surface area contributed by atoms with Crippen molar-refractivity contribution in [2.75, 3.05) is 26.6 Å². The monoisotopic (exact) mass is 2110 g/mol. The zero-order chi connectivity index (χ0) is 101. The molecule has 1 aromatic heterocycles. The standard InChI is InChI=1S/C14H25NO4.C14H23NO4.C13H17ClFN3O2.C13H20INO3.C13H19NO3.C8H12INO.C8H13NO.C8H12O2.C7H10O2/c2*1-13(2,3)19-12(17)15-10-7-6-8-14(4,9-10)11(16)18-5;1-13(11(19)20-2)5-3-4-8(6-13)17-10-9(15)7-16-12(14)18-10;1-12(2,3)18-11(17)15-9-7-13(4,10(15)16)6-5-8(9)14;1-12(2,3)17-11(16)14-9-6-5-7-13(4,8-9)10(14)15;1-8-3-2-5(9)6(4-8)10-7(8)11;2*1-8(7(9)10)5-3-2-4-6-8;8-7(9)6-4-2-1-3-5-6/h10H,6-9H2,1-5H3,(H,15,17);6-7,10H,8-9H2,1-5H3,(H,15,17);7-8H,3-6H2,1-2H3,(H,16,17,18);8-9H,5-7H2,1-4H3;5-6,9H,7-8H2,1-4H3;5-6H,2-4H2,1H3,(H,10,11);2-3H,4-6H2,1H3,(H2,9,10);2-3H,4-6H2,1H3,(H,9,10);1-2,6H,3-5H2,(H,8,9)/t;;8?,13-;;;;;;/m..1....../s1. The zero-order valence-corrected chi connectivity index (χ0v) is 87.6. The number of imide groups is 2. The summed E-state index contributed by atoms with van der Waals surface area (Å²) >= 11 is 10.5. The van der Waals surface area contributed by atoms with E-state index in [4.69, 9.17) is 60.7 Å². The maximum atomic E-state index is 13.6. The van der Waals surface area contributed by atoms with E-state index >= 15 is 0 Å². The maximum absolute atomic E-state index is 13.6. The molecule has 9 aliphatic carbocycles. The van der Waals surface area contributed by atoms with Crippen LogP contribution in [0.4, 0.5) is 29.4 Å². The number of anilines is 1. The van der Waals surface area contributed by atoms with Gasteiger partial charge in [-0.25, -0.2) is 38.4 Å². The molecular weight excluding hydrogens is 1960 g/mol. The van der Waals surface area contributed by atoms with Crippen LogP contribution in [0, 0.1) is 55.1 Å². The van der Waals surface area contributed by atoms with Crippen molar-refractivity contribution in [3.05, 3.63) is 78.1 Å². The van der Waals surface area contributed by atoms with E-state index in [0.717, 1.165) is 128 Å². The number of nitrogens with one attached hydrogen (secondary N) is 4. The molecule has 0 aromatic carbocycles. The number of aromatic nitrogens is 2. The van der Waals surface area contributed by atoms with Gasteiger partial charge in [0, 0.05) is 42.2 Å². The molecule has 3 aliphatic heterocycles. The first-order chi connectivity index (χ1) is 61.4. The molecule has 3 saturated heterocycles. The molecule has 35 heteroatoms. The van der Waals surface area contributed by atoms with Crippen molar-refractivity contribution >= 4 is 140 Å². The summed E-state index contributed by atoms with van der Waals surface area (Å²) < 4.78 is 50.2. The highest BCUT2D eigenvalue weighted by Crippen LogP contribution is 2.50. The van der Waals surface area contributed by atoms with Gasteiger partial charge in [-0.1, -0.05) is 146 Å². The lowest BCUT2D eigenvalue weighted by Gasteiger charge is -2.36. The second-order valence-corrected chi connectivity index (χ2v) is 46.6. The van der Waals surface area contributed by atoms with E-state index in [1.54, 1.807) is 27.7 Å². The number of allylic oxidation sites excluding steroid dienone is 8. The molecule has 1 aromatic rings. The number of alkyl carbamates (subject to hydrolysis) is 2. The van der Waals surface area contributed by atoms with E-state index < -0.39 is 91.6 Å². The third kappa shape index (κ3) is 35.2. The molecule has 12 aliphatic rings. The number of carboxylic acids is 2. The minimum atomic E-state index is -0.670. The third-order valence-corrected chi connectivity index (χ3v) is 29.0. The van der Waals surface area contributed by atoms with Gasteiger partial charge in [0.05, 0.1) is 78.6 Å². The molecule has 6 bridgehead atoms. The molecule has 13 rings (SSSR count). The number of nitrogens with zero attached hydrogens (tertiary/aromatic N) is 4. The number of carbonyl (C=O) groups is 13. The smallest absolute Gasteiger partial charge is 0.417 e. The lowest BCUT2D eigenvalue weighted by molar-refractivity contribution is -0.154. The van der Waals surface area contributed by atoms with E-state index in [1.165, 1.54) is 37.6 Å². The highest BCUT2D eigenvalue weighted by Gasteiger charge is 2.58. The van der Waals surface area contributed by atoms with Crippen LogP contribution in [-0.4, -0.2) is 196 Å². The molecular formula is C98H151ClFI2N9O22. The number of likely N-dealkylation sites (tertiary alicyclic amines) is 2. The van der Waals surface area contributed by atoms with Crippen LogP contribution in [0.1, 0.15) is 312 Å². The number of halogens is 4. The molecule has 4 heterocycles. The van der Waals surface area contributed by atoms with Crippen LogP contribution in [0.25, 0.3) is 0 Å². The van der Waals surface area contributed by atoms with Crippen molar-refractivity contribution in [2.24, 2.45) is 55.0 Å². The number of carbonyl (C=O) groups excluding carboxylic acids is 11. The zero-order valence-electron chi connectivity index (χ0n) is 82.6. The first kappa shape index (κ1) is 115. The lowest BCUT2D eigenvalue weighted by atomic mass is 9.73. The number of aliphatic carboxylic acids is 2.